The van der Waals surface area contributed by atoms with Crippen LogP contribution in [0.25, 0.3) is 5.65 Å². The predicted octanol–water partition coefficient (Wildman–Crippen LogP) is 0.0550. The van der Waals surface area contributed by atoms with Crippen molar-refractivity contribution in [3.05, 3.63) is 42.1 Å². The number of amides is 1. The molecular weight excluding hydrogens is 354 g/mol. The van der Waals surface area contributed by atoms with Crippen LogP contribution >= 0.6 is 0 Å². The Bertz CT molecular complexity index is 1010. The summed E-state index contributed by atoms with van der Waals surface area (Å²) in [6, 6.07) is 3.48. The second-order valence-electron chi connectivity index (χ2n) is 5.97. The number of hydrogen-bond acceptors (Lipinski definition) is 7. The van der Waals surface area contributed by atoms with Crippen molar-refractivity contribution in [2.75, 3.05) is 31.3 Å². The van der Waals surface area contributed by atoms with E-state index in [1.807, 2.05) is 5.01 Å². The summed E-state index contributed by atoms with van der Waals surface area (Å²) < 4.78 is 8.20. The maximum Gasteiger partial charge on any atom is 0.339 e. The minimum absolute atomic E-state index is 0.00678. The molecule has 11 heteroatoms. The van der Waals surface area contributed by atoms with E-state index in [9.17, 15) is 14.7 Å². The summed E-state index contributed by atoms with van der Waals surface area (Å²) in [6.45, 7) is 1.90. The summed E-state index contributed by atoms with van der Waals surface area (Å²) in [5.74, 6) is -1.70. The van der Waals surface area contributed by atoms with E-state index in [0.717, 1.165) is 0 Å². The van der Waals surface area contributed by atoms with Crippen molar-refractivity contribution >= 4 is 23.2 Å². The quantitative estimate of drug-likeness (QED) is 0.684. The van der Waals surface area contributed by atoms with Crippen LogP contribution in [-0.4, -0.2) is 72.7 Å². The smallest absolute Gasteiger partial charge is 0.339 e. The van der Waals surface area contributed by atoms with Crippen LogP contribution in [0.15, 0.2) is 30.9 Å². The molecule has 3 aromatic rings. The van der Waals surface area contributed by atoms with Crippen LogP contribution in [0, 0.1) is 0 Å². The molecule has 0 spiro atoms. The number of fused-ring (bicyclic) bond motifs is 1. The number of anilines is 1. The molecule has 0 aliphatic carbocycles. The van der Waals surface area contributed by atoms with Crippen LogP contribution in [-0.2, 0) is 11.8 Å². The highest BCUT2D eigenvalue weighted by Gasteiger charge is 2.32. The van der Waals surface area contributed by atoms with Crippen molar-refractivity contribution in [1.29, 1.82) is 0 Å². The summed E-state index contributed by atoms with van der Waals surface area (Å²) in [4.78, 5) is 29.0. The SMILES string of the molecule is Cn1ncc(C(=O)O)c1C(=O)N(c1ccc2ncnn2c1)N1CCOCC1. The lowest BCUT2D eigenvalue weighted by atomic mass is 10.2. The summed E-state index contributed by atoms with van der Waals surface area (Å²) in [5.41, 5.74) is 1.02. The van der Waals surface area contributed by atoms with Crippen LogP contribution < -0.4 is 5.01 Å². The Morgan fingerprint density at radius 2 is 2.00 bits per heavy atom. The standard InChI is InChI=1S/C16H17N7O4/c1-20-14(12(8-18-20)16(25)26)15(24)23(21-4-6-27-7-5-21)11-2-3-13-17-10-19-22(13)9-11/h2-3,8-10H,4-7H2,1H3,(H,25,26). The van der Waals surface area contributed by atoms with Gasteiger partial charge in [0.2, 0.25) is 0 Å². The number of rotatable bonds is 4. The zero-order chi connectivity index (χ0) is 19.0. The lowest BCUT2D eigenvalue weighted by Crippen LogP contribution is -2.52. The molecule has 0 bridgehead atoms. The van der Waals surface area contributed by atoms with E-state index in [0.29, 0.717) is 37.6 Å². The first kappa shape index (κ1) is 17.1. The first-order valence-electron chi connectivity index (χ1n) is 8.28. The van der Waals surface area contributed by atoms with Crippen LogP contribution in [0.5, 0.6) is 0 Å². The maximum absolute atomic E-state index is 13.4. The minimum Gasteiger partial charge on any atom is -0.478 e. The Balaban J connectivity index is 1.81. The van der Waals surface area contributed by atoms with E-state index in [1.165, 1.54) is 29.3 Å². The molecule has 140 valence electrons. The molecule has 11 nitrogen and oxygen atoms in total. The van der Waals surface area contributed by atoms with Gasteiger partial charge in [0.15, 0.2) is 5.65 Å². The summed E-state index contributed by atoms with van der Waals surface area (Å²) in [5, 5.41) is 20.7. The van der Waals surface area contributed by atoms with E-state index >= 15 is 0 Å². The molecule has 27 heavy (non-hydrogen) atoms. The molecule has 1 N–H and O–H groups in total. The molecule has 1 aliphatic heterocycles. The normalized spacial score (nSPS) is 15.1. The summed E-state index contributed by atoms with van der Waals surface area (Å²) in [7, 11) is 1.54. The molecule has 1 amide bonds. The fourth-order valence-corrected chi connectivity index (χ4v) is 3.04. The highest BCUT2D eigenvalue weighted by Crippen LogP contribution is 2.22. The van der Waals surface area contributed by atoms with Gasteiger partial charge < -0.3 is 9.84 Å². The van der Waals surface area contributed by atoms with Crippen molar-refractivity contribution in [1.82, 2.24) is 29.4 Å². The molecule has 4 heterocycles. The van der Waals surface area contributed by atoms with Gasteiger partial charge in [-0.1, -0.05) is 0 Å². The van der Waals surface area contributed by atoms with Gasteiger partial charge in [-0.05, 0) is 12.1 Å². The third kappa shape index (κ3) is 3.02. The van der Waals surface area contributed by atoms with Crippen LogP contribution in [0.2, 0.25) is 0 Å². The Kier molecular flexibility index (Phi) is 4.30. The lowest BCUT2D eigenvalue weighted by molar-refractivity contribution is 0.0296. The van der Waals surface area contributed by atoms with Crippen molar-refractivity contribution in [2.24, 2.45) is 7.05 Å². The van der Waals surface area contributed by atoms with Crippen molar-refractivity contribution in [3.8, 4) is 0 Å². The van der Waals surface area contributed by atoms with Gasteiger partial charge in [0.25, 0.3) is 5.91 Å². The molecule has 0 saturated carbocycles. The maximum atomic E-state index is 13.4. The molecule has 4 rings (SSSR count). The van der Waals surface area contributed by atoms with Crippen molar-refractivity contribution < 1.29 is 19.4 Å². The highest BCUT2D eigenvalue weighted by molar-refractivity contribution is 6.10. The number of carboxylic acids is 1. The molecule has 1 saturated heterocycles. The number of carbonyl (C=O) groups excluding carboxylic acids is 1. The molecule has 3 aromatic heterocycles. The third-order valence-corrected chi connectivity index (χ3v) is 4.34. The first-order valence-corrected chi connectivity index (χ1v) is 8.28. The zero-order valence-corrected chi connectivity index (χ0v) is 14.5. The second kappa shape index (κ2) is 6.78. The van der Waals surface area contributed by atoms with Gasteiger partial charge >= 0.3 is 5.97 Å². The highest BCUT2D eigenvalue weighted by atomic mass is 16.5. The number of nitrogens with zero attached hydrogens (tertiary/aromatic N) is 7. The molecule has 1 aliphatic rings. The van der Waals surface area contributed by atoms with Gasteiger partial charge in [0, 0.05) is 20.1 Å². The number of aromatic carboxylic acids is 1. The number of carbonyl (C=O) groups is 2. The van der Waals surface area contributed by atoms with E-state index in [-0.39, 0.29) is 11.3 Å². The van der Waals surface area contributed by atoms with Gasteiger partial charge in [-0.3, -0.25) is 9.48 Å². The summed E-state index contributed by atoms with van der Waals surface area (Å²) >= 11 is 0. The number of hydrogen-bond donors (Lipinski definition) is 1. The number of pyridine rings is 1. The number of carboxylic acid groups (broad SMARTS) is 1. The van der Waals surface area contributed by atoms with Gasteiger partial charge in [-0.2, -0.15) is 10.2 Å². The Hall–Kier alpha value is -3.31. The Labute approximate surface area is 153 Å². The number of aryl methyl sites for hydroxylation is 1. The fourth-order valence-electron chi connectivity index (χ4n) is 3.04. The number of aromatic nitrogens is 5. The average Bonchev–Trinajstić information content (AvgIpc) is 3.28. The van der Waals surface area contributed by atoms with Crippen LogP contribution in [0.3, 0.4) is 0 Å². The van der Waals surface area contributed by atoms with E-state index in [2.05, 4.69) is 15.2 Å². The number of ether oxygens (including phenoxy) is 1. The largest absolute Gasteiger partial charge is 0.478 e. The third-order valence-electron chi connectivity index (χ3n) is 4.34. The van der Waals surface area contributed by atoms with Crippen LogP contribution in [0.1, 0.15) is 20.8 Å². The Morgan fingerprint density at radius 3 is 2.74 bits per heavy atom. The van der Waals surface area contributed by atoms with Gasteiger partial charge in [-0.25, -0.2) is 24.3 Å². The summed E-state index contributed by atoms with van der Waals surface area (Å²) in [6.07, 6.45) is 4.27. The minimum atomic E-state index is -1.21. The first-order chi connectivity index (χ1) is 13.1. The Morgan fingerprint density at radius 1 is 1.22 bits per heavy atom. The molecule has 0 radical (unpaired) electrons. The second-order valence-corrected chi connectivity index (χ2v) is 5.97. The average molecular weight is 371 g/mol. The number of hydrazine groups is 1. The van der Waals surface area contributed by atoms with Gasteiger partial charge in [0.05, 0.1) is 31.3 Å². The van der Waals surface area contributed by atoms with Crippen LogP contribution in [0.4, 0.5) is 5.69 Å². The zero-order valence-electron chi connectivity index (χ0n) is 14.5. The van der Waals surface area contributed by atoms with E-state index in [1.54, 1.807) is 22.8 Å². The van der Waals surface area contributed by atoms with Crippen molar-refractivity contribution in [3.63, 3.8) is 0 Å². The van der Waals surface area contributed by atoms with E-state index < -0.39 is 11.9 Å². The topological polar surface area (TPSA) is 118 Å². The predicted molar refractivity (Wildman–Crippen MR) is 92.4 cm³/mol. The molecular formula is C16H17N7O4. The molecule has 0 unspecified atom stereocenters. The number of morpholine rings is 1. The monoisotopic (exact) mass is 371 g/mol. The molecule has 1 fully saturated rings. The van der Waals surface area contributed by atoms with Gasteiger partial charge in [-0.15, -0.1) is 0 Å². The van der Waals surface area contributed by atoms with E-state index in [4.69, 9.17) is 4.74 Å². The molecule has 0 aromatic carbocycles. The lowest BCUT2D eigenvalue weighted by Gasteiger charge is -2.37. The fraction of sp³-hybridized carbons (Fsp3) is 0.312. The van der Waals surface area contributed by atoms with Gasteiger partial charge in [0.1, 0.15) is 17.6 Å². The molecule has 0 atom stereocenters. The van der Waals surface area contributed by atoms with Crippen molar-refractivity contribution in [2.45, 2.75) is 0 Å².